The van der Waals surface area contributed by atoms with Gasteiger partial charge in [0.2, 0.25) is 5.91 Å². The Morgan fingerprint density at radius 3 is 3.00 bits per heavy atom. The maximum atomic E-state index is 11.5. The molecule has 3 nitrogen and oxygen atoms in total. The highest BCUT2D eigenvalue weighted by Crippen LogP contribution is 2.13. The predicted octanol–water partition coefficient (Wildman–Crippen LogP) is 1.24. The average molecular weight is 184 g/mol. The minimum Gasteiger partial charge on any atom is -0.380 e. The van der Waals surface area contributed by atoms with Gasteiger partial charge in [-0.2, -0.15) is 0 Å². The highest BCUT2D eigenvalue weighted by Gasteiger charge is 2.25. The van der Waals surface area contributed by atoms with Crippen LogP contribution in [0.3, 0.4) is 0 Å². The second-order valence-electron chi connectivity index (χ2n) is 3.44. The quantitative estimate of drug-likeness (QED) is 0.658. The van der Waals surface area contributed by atoms with Crippen LogP contribution in [0.15, 0.2) is 0 Å². The van der Waals surface area contributed by atoms with Crippen LogP contribution >= 0.6 is 0 Å². The lowest BCUT2D eigenvalue weighted by atomic mass is 10.2. The maximum absolute atomic E-state index is 11.5. The van der Waals surface area contributed by atoms with Crippen LogP contribution in [0.1, 0.15) is 25.7 Å². The van der Waals surface area contributed by atoms with Gasteiger partial charge >= 0.3 is 0 Å². The minimum atomic E-state index is 0.253. The van der Waals surface area contributed by atoms with Crippen LogP contribution < -0.4 is 0 Å². The number of hydrogen-bond donors (Lipinski definition) is 0. The molecule has 1 heterocycles. The molecule has 1 aliphatic rings. The van der Waals surface area contributed by atoms with Crippen LogP contribution in [-0.2, 0) is 9.53 Å². The van der Waals surface area contributed by atoms with Gasteiger partial charge < -0.3 is 9.64 Å². The van der Waals surface area contributed by atoms with Gasteiger partial charge in [0, 0.05) is 26.6 Å². The number of unbranched alkanes of at least 4 members (excludes halogenated alkanes) is 1. The zero-order valence-corrected chi connectivity index (χ0v) is 8.29. The maximum Gasteiger partial charge on any atom is 0.222 e. The summed E-state index contributed by atoms with van der Waals surface area (Å²) in [6, 6.07) is 0. The summed E-state index contributed by atoms with van der Waals surface area (Å²) in [4.78, 5) is 13.4. The zero-order chi connectivity index (χ0) is 9.68. The fraction of sp³-hybridized carbons (Fsp3) is 0.800. The molecule has 1 rings (SSSR count). The van der Waals surface area contributed by atoms with Crippen molar-refractivity contribution in [2.45, 2.75) is 31.8 Å². The van der Waals surface area contributed by atoms with E-state index < -0.39 is 0 Å². The lowest BCUT2D eigenvalue weighted by molar-refractivity contribution is -0.130. The first-order valence-electron chi connectivity index (χ1n) is 4.87. The summed E-state index contributed by atoms with van der Waals surface area (Å²) < 4.78 is 5.19. The fourth-order valence-electron chi connectivity index (χ4n) is 1.58. The number of amides is 1. The van der Waals surface area contributed by atoms with E-state index in [0.717, 1.165) is 32.4 Å². The number of methoxy groups -OCH3 is 1. The number of hydrogen-bond acceptors (Lipinski definition) is 2. The molecule has 0 aromatic rings. The molecule has 0 saturated carbocycles. The summed E-state index contributed by atoms with van der Waals surface area (Å²) in [6.45, 7) is 5.35. The topological polar surface area (TPSA) is 29.5 Å². The number of likely N-dealkylation sites (tertiary alicyclic amines) is 1. The Morgan fingerprint density at radius 2 is 2.46 bits per heavy atom. The first-order valence-corrected chi connectivity index (χ1v) is 4.87. The average Bonchev–Trinajstić information content (AvgIpc) is 2.62. The second-order valence-corrected chi connectivity index (χ2v) is 3.44. The van der Waals surface area contributed by atoms with Crippen molar-refractivity contribution in [3.05, 3.63) is 6.92 Å². The third-order valence-electron chi connectivity index (χ3n) is 2.47. The van der Waals surface area contributed by atoms with Gasteiger partial charge in [0.1, 0.15) is 0 Å². The Kier molecular flexibility index (Phi) is 4.22. The first kappa shape index (κ1) is 10.5. The van der Waals surface area contributed by atoms with Crippen molar-refractivity contribution in [2.75, 3.05) is 20.2 Å². The van der Waals surface area contributed by atoms with Crippen molar-refractivity contribution in [2.24, 2.45) is 0 Å². The van der Waals surface area contributed by atoms with Gasteiger partial charge in [-0.25, -0.2) is 0 Å². The molecule has 1 aliphatic heterocycles. The van der Waals surface area contributed by atoms with Crippen molar-refractivity contribution in [1.29, 1.82) is 0 Å². The van der Waals surface area contributed by atoms with E-state index in [-0.39, 0.29) is 12.0 Å². The van der Waals surface area contributed by atoms with E-state index in [1.54, 1.807) is 7.11 Å². The van der Waals surface area contributed by atoms with E-state index in [4.69, 9.17) is 4.74 Å². The molecule has 0 aromatic heterocycles. The second kappa shape index (κ2) is 5.22. The first-order chi connectivity index (χ1) is 6.27. The Labute approximate surface area is 80.1 Å². The highest BCUT2D eigenvalue weighted by molar-refractivity contribution is 5.76. The molecule has 1 unspecified atom stereocenters. The molecule has 1 radical (unpaired) electrons. The summed E-state index contributed by atoms with van der Waals surface area (Å²) in [5.74, 6) is 0.253. The molecule has 1 amide bonds. The van der Waals surface area contributed by atoms with Crippen LogP contribution in [0.2, 0.25) is 0 Å². The third kappa shape index (κ3) is 2.99. The number of carbonyl (C=O) groups is 1. The predicted molar refractivity (Wildman–Crippen MR) is 51.2 cm³/mol. The smallest absolute Gasteiger partial charge is 0.222 e. The molecule has 0 N–H and O–H groups in total. The SMILES string of the molecule is [CH2]CCCC(=O)N1CCC(OC)C1. The van der Waals surface area contributed by atoms with Gasteiger partial charge in [-0.15, -0.1) is 0 Å². The number of rotatable bonds is 4. The van der Waals surface area contributed by atoms with Crippen molar-refractivity contribution < 1.29 is 9.53 Å². The van der Waals surface area contributed by atoms with Gasteiger partial charge in [-0.1, -0.05) is 13.3 Å². The molecule has 1 atom stereocenters. The van der Waals surface area contributed by atoms with E-state index in [1.807, 2.05) is 4.90 Å². The van der Waals surface area contributed by atoms with Gasteiger partial charge in [-0.3, -0.25) is 4.79 Å². The number of ether oxygens (including phenoxy) is 1. The van der Waals surface area contributed by atoms with E-state index in [2.05, 4.69) is 6.92 Å². The van der Waals surface area contributed by atoms with Crippen LogP contribution in [0.4, 0.5) is 0 Å². The molecule has 0 aliphatic carbocycles. The summed E-state index contributed by atoms with van der Waals surface area (Å²) in [5.41, 5.74) is 0. The molecular weight excluding hydrogens is 166 g/mol. The molecule has 1 saturated heterocycles. The Bertz CT molecular complexity index is 170. The summed E-state index contributed by atoms with van der Waals surface area (Å²) >= 11 is 0. The van der Waals surface area contributed by atoms with Gasteiger partial charge in [0.15, 0.2) is 0 Å². The summed E-state index contributed by atoms with van der Waals surface area (Å²) in [6.07, 6.45) is 3.61. The van der Waals surface area contributed by atoms with E-state index in [9.17, 15) is 4.79 Å². The van der Waals surface area contributed by atoms with Crippen LogP contribution in [-0.4, -0.2) is 37.1 Å². The van der Waals surface area contributed by atoms with Gasteiger partial charge in [0.05, 0.1) is 6.10 Å². The lowest BCUT2D eigenvalue weighted by Gasteiger charge is -2.15. The van der Waals surface area contributed by atoms with Crippen molar-refractivity contribution in [1.82, 2.24) is 4.90 Å². The van der Waals surface area contributed by atoms with Crippen LogP contribution in [0.25, 0.3) is 0 Å². The van der Waals surface area contributed by atoms with E-state index in [0.29, 0.717) is 6.42 Å². The molecule has 75 valence electrons. The highest BCUT2D eigenvalue weighted by atomic mass is 16.5. The zero-order valence-electron chi connectivity index (χ0n) is 8.29. The Morgan fingerprint density at radius 1 is 1.69 bits per heavy atom. The number of nitrogens with zero attached hydrogens (tertiary/aromatic N) is 1. The molecule has 3 heteroatoms. The van der Waals surface area contributed by atoms with Crippen molar-refractivity contribution in [3.63, 3.8) is 0 Å². The summed E-state index contributed by atoms with van der Waals surface area (Å²) in [7, 11) is 1.70. The Balaban J connectivity index is 2.25. The molecule has 0 bridgehead atoms. The molecule has 1 fully saturated rings. The Hall–Kier alpha value is -0.570. The van der Waals surface area contributed by atoms with Crippen LogP contribution in [0.5, 0.6) is 0 Å². The van der Waals surface area contributed by atoms with Crippen molar-refractivity contribution in [3.8, 4) is 0 Å². The third-order valence-corrected chi connectivity index (χ3v) is 2.47. The molecular formula is C10H18NO2. The number of carbonyl (C=O) groups excluding carboxylic acids is 1. The monoisotopic (exact) mass is 184 g/mol. The van der Waals surface area contributed by atoms with E-state index in [1.165, 1.54) is 0 Å². The van der Waals surface area contributed by atoms with E-state index >= 15 is 0 Å². The van der Waals surface area contributed by atoms with Gasteiger partial charge in [0.25, 0.3) is 0 Å². The lowest BCUT2D eigenvalue weighted by Crippen LogP contribution is -2.29. The normalized spacial score (nSPS) is 22.3. The standard InChI is InChI=1S/C10H18NO2/c1-3-4-5-10(12)11-7-6-9(8-11)13-2/h9H,1,3-8H2,2H3. The fourth-order valence-corrected chi connectivity index (χ4v) is 1.58. The van der Waals surface area contributed by atoms with Crippen LogP contribution in [0, 0.1) is 6.92 Å². The largest absolute Gasteiger partial charge is 0.380 e. The molecule has 13 heavy (non-hydrogen) atoms. The van der Waals surface area contributed by atoms with Gasteiger partial charge in [-0.05, 0) is 12.8 Å². The summed E-state index contributed by atoms with van der Waals surface area (Å²) in [5, 5.41) is 0. The minimum absolute atomic E-state index is 0.253. The molecule has 0 aromatic carbocycles. The molecule has 0 spiro atoms. The van der Waals surface area contributed by atoms with Crippen molar-refractivity contribution >= 4 is 5.91 Å².